The van der Waals surface area contributed by atoms with Crippen LogP contribution in [-0.4, -0.2) is 52.4 Å². The summed E-state index contributed by atoms with van der Waals surface area (Å²) in [4.78, 5) is 24.8. The van der Waals surface area contributed by atoms with Crippen LogP contribution in [0.2, 0.25) is 0 Å². The largest absolute Gasteiger partial charge is 0.444 e. The fourth-order valence-corrected chi connectivity index (χ4v) is 2.85. The zero-order valence-corrected chi connectivity index (χ0v) is 18.3. The highest BCUT2D eigenvalue weighted by atomic mass is 32.2. The molecule has 6 nitrogen and oxygen atoms in total. The standard InChI is InChI=1S/C18H34N2O4S2/c1-13(6-7-16(25)26)15(8-11-21)14(2)20(12-22)10-9-19-17(23)24-18(3,4)5/h12-13,16,21,25-26H,6-11H2,1-5H3,(H,19,23). The molecule has 0 spiro atoms. The molecule has 0 aromatic carbocycles. The Labute approximate surface area is 168 Å². The average molecular weight is 407 g/mol. The lowest BCUT2D eigenvalue weighted by Crippen LogP contribution is -2.37. The molecule has 0 saturated heterocycles. The van der Waals surface area contributed by atoms with Crippen LogP contribution in [0.1, 0.15) is 53.9 Å². The Morgan fingerprint density at radius 3 is 2.38 bits per heavy atom. The zero-order valence-electron chi connectivity index (χ0n) is 16.5. The highest BCUT2D eigenvalue weighted by molar-refractivity contribution is 7.99. The number of nitrogens with one attached hydrogen (secondary N) is 1. The first kappa shape index (κ1) is 25.1. The molecular formula is C18H34N2O4S2. The Balaban J connectivity index is 4.90. The maximum absolute atomic E-state index is 11.7. The summed E-state index contributed by atoms with van der Waals surface area (Å²) >= 11 is 8.56. The second kappa shape index (κ2) is 12.5. The van der Waals surface area contributed by atoms with Gasteiger partial charge in [-0.05, 0) is 58.4 Å². The van der Waals surface area contributed by atoms with E-state index in [2.05, 4.69) is 37.5 Å². The van der Waals surface area contributed by atoms with Gasteiger partial charge in [-0.1, -0.05) is 6.92 Å². The van der Waals surface area contributed by atoms with Crippen molar-refractivity contribution < 1.29 is 19.4 Å². The number of alkyl carbamates (subject to hydrolysis) is 1. The Kier molecular flexibility index (Phi) is 12.1. The fourth-order valence-electron chi connectivity index (χ4n) is 2.55. The monoisotopic (exact) mass is 406 g/mol. The van der Waals surface area contributed by atoms with Crippen LogP contribution in [0.5, 0.6) is 0 Å². The van der Waals surface area contributed by atoms with Crippen molar-refractivity contribution in [2.75, 3.05) is 19.7 Å². The van der Waals surface area contributed by atoms with Gasteiger partial charge in [0.25, 0.3) is 0 Å². The molecule has 0 heterocycles. The van der Waals surface area contributed by atoms with Crippen molar-refractivity contribution in [3.8, 4) is 0 Å². The molecular weight excluding hydrogens is 372 g/mol. The van der Waals surface area contributed by atoms with Crippen LogP contribution in [0.4, 0.5) is 4.79 Å². The van der Waals surface area contributed by atoms with Gasteiger partial charge in [-0.3, -0.25) is 4.79 Å². The number of carbonyl (C=O) groups excluding carboxylic acids is 2. The first-order valence-corrected chi connectivity index (χ1v) is 9.90. The Hall–Kier alpha value is -0.860. The Bertz CT molecular complexity index is 476. The van der Waals surface area contributed by atoms with Crippen LogP contribution in [0, 0.1) is 5.92 Å². The molecule has 0 bridgehead atoms. The molecule has 1 unspecified atom stereocenters. The third-order valence-corrected chi connectivity index (χ3v) is 4.39. The quantitative estimate of drug-likeness (QED) is 0.241. The number of nitrogens with zero attached hydrogens (tertiary/aromatic N) is 1. The topological polar surface area (TPSA) is 78.9 Å². The van der Waals surface area contributed by atoms with Gasteiger partial charge in [0, 0.05) is 30.0 Å². The molecule has 0 fully saturated rings. The van der Waals surface area contributed by atoms with Gasteiger partial charge in [0.05, 0.1) is 0 Å². The maximum Gasteiger partial charge on any atom is 0.407 e. The maximum atomic E-state index is 11.7. The van der Waals surface area contributed by atoms with Crippen LogP contribution in [0.25, 0.3) is 0 Å². The molecule has 1 atom stereocenters. The molecule has 0 aliphatic heterocycles. The van der Waals surface area contributed by atoms with Crippen LogP contribution < -0.4 is 5.32 Å². The number of amides is 2. The summed E-state index contributed by atoms with van der Waals surface area (Å²) in [7, 11) is 0. The normalized spacial score (nSPS) is 13.9. The second-order valence-corrected chi connectivity index (χ2v) is 8.92. The highest BCUT2D eigenvalue weighted by Gasteiger charge is 2.18. The van der Waals surface area contributed by atoms with Gasteiger partial charge in [-0.15, -0.1) is 0 Å². The van der Waals surface area contributed by atoms with Crippen LogP contribution in [0.15, 0.2) is 11.3 Å². The minimum absolute atomic E-state index is 0.00772. The predicted molar refractivity (Wildman–Crippen MR) is 112 cm³/mol. The summed E-state index contributed by atoms with van der Waals surface area (Å²) < 4.78 is 5.18. The van der Waals surface area contributed by atoms with Crippen molar-refractivity contribution in [3.63, 3.8) is 0 Å². The van der Waals surface area contributed by atoms with E-state index in [1.165, 1.54) is 0 Å². The number of hydrogen-bond donors (Lipinski definition) is 4. The van der Waals surface area contributed by atoms with Gasteiger partial charge in [0.1, 0.15) is 5.60 Å². The van der Waals surface area contributed by atoms with Gasteiger partial charge < -0.3 is 20.1 Å². The van der Waals surface area contributed by atoms with Gasteiger partial charge in [0.2, 0.25) is 6.41 Å². The summed E-state index contributed by atoms with van der Waals surface area (Å²) in [6.45, 7) is 9.94. The molecule has 2 amide bonds. The summed E-state index contributed by atoms with van der Waals surface area (Å²) in [6.07, 6.45) is 2.43. The molecule has 0 aromatic heterocycles. The van der Waals surface area contributed by atoms with E-state index >= 15 is 0 Å². The first-order chi connectivity index (χ1) is 12.0. The molecule has 0 saturated carbocycles. The smallest absolute Gasteiger partial charge is 0.407 e. The minimum Gasteiger partial charge on any atom is -0.444 e. The molecule has 2 N–H and O–H groups in total. The molecule has 0 rings (SSSR count). The Morgan fingerprint density at radius 1 is 1.31 bits per heavy atom. The van der Waals surface area contributed by atoms with Gasteiger partial charge in [-0.2, -0.15) is 25.3 Å². The number of hydrogen-bond acceptors (Lipinski definition) is 6. The third kappa shape index (κ3) is 11.0. The Morgan fingerprint density at radius 2 is 1.92 bits per heavy atom. The van der Waals surface area contributed by atoms with E-state index in [1.807, 2.05) is 6.92 Å². The molecule has 0 aliphatic rings. The summed E-state index contributed by atoms with van der Waals surface area (Å²) in [5.74, 6) is 0.199. The first-order valence-electron chi connectivity index (χ1n) is 8.87. The van der Waals surface area contributed by atoms with Gasteiger partial charge in [-0.25, -0.2) is 4.79 Å². The number of ether oxygens (including phenoxy) is 1. The molecule has 0 aliphatic carbocycles. The number of aliphatic hydroxyl groups excluding tert-OH is 1. The van der Waals surface area contributed by atoms with E-state index in [0.717, 1.165) is 30.5 Å². The van der Waals surface area contributed by atoms with E-state index in [4.69, 9.17) is 4.74 Å². The van der Waals surface area contributed by atoms with E-state index < -0.39 is 11.7 Å². The molecule has 0 aromatic rings. The molecule has 26 heavy (non-hydrogen) atoms. The summed E-state index contributed by atoms with van der Waals surface area (Å²) in [6, 6.07) is 0. The SMILES string of the molecule is CC(=C(CCO)C(C)CCC(S)S)N(C=O)CCNC(=O)OC(C)(C)C. The van der Waals surface area contributed by atoms with Gasteiger partial charge >= 0.3 is 6.09 Å². The third-order valence-electron chi connectivity index (χ3n) is 3.88. The van der Waals surface area contributed by atoms with Crippen LogP contribution in [0.3, 0.4) is 0 Å². The van der Waals surface area contributed by atoms with Gasteiger partial charge in [0.15, 0.2) is 0 Å². The van der Waals surface area contributed by atoms with E-state index in [-0.39, 0.29) is 23.7 Å². The molecule has 0 radical (unpaired) electrons. The minimum atomic E-state index is -0.564. The molecule has 152 valence electrons. The number of rotatable bonds is 11. The highest BCUT2D eigenvalue weighted by Crippen LogP contribution is 2.26. The zero-order chi connectivity index (χ0) is 20.3. The predicted octanol–water partition coefficient (Wildman–Crippen LogP) is 3.23. The molecule has 8 heteroatoms. The van der Waals surface area contributed by atoms with E-state index in [9.17, 15) is 14.7 Å². The van der Waals surface area contributed by atoms with Crippen molar-refractivity contribution in [1.82, 2.24) is 10.2 Å². The number of aliphatic hydroxyl groups is 1. The lowest BCUT2D eigenvalue weighted by Gasteiger charge is -2.26. The van der Waals surface area contributed by atoms with E-state index in [0.29, 0.717) is 13.0 Å². The number of allylic oxidation sites excluding steroid dienone is 1. The number of carbonyl (C=O) groups is 2. The van der Waals surface area contributed by atoms with E-state index in [1.54, 1.807) is 25.7 Å². The summed E-state index contributed by atoms with van der Waals surface area (Å²) in [5, 5.41) is 12.0. The summed E-state index contributed by atoms with van der Waals surface area (Å²) in [5.41, 5.74) is 1.27. The van der Waals surface area contributed by atoms with Crippen LogP contribution in [-0.2, 0) is 9.53 Å². The average Bonchev–Trinajstić information content (AvgIpc) is 2.52. The van der Waals surface area contributed by atoms with Crippen molar-refractivity contribution in [3.05, 3.63) is 11.3 Å². The fraction of sp³-hybridized carbons (Fsp3) is 0.778. The van der Waals surface area contributed by atoms with Crippen molar-refractivity contribution in [2.24, 2.45) is 5.92 Å². The van der Waals surface area contributed by atoms with Crippen LogP contribution >= 0.6 is 25.3 Å². The number of thiol groups is 2. The lowest BCUT2D eigenvalue weighted by molar-refractivity contribution is -0.116. The van der Waals surface area contributed by atoms with Crippen molar-refractivity contribution in [1.29, 1.82) is 0 Å². The second-order valence-electron chi connectivity index (χ2n) is 7.27. The van der Waals surface area contributed by atoms with Crippen molar-refractivity contribution >= 4 is 37.8 Å². The lowest BCUT2D eigenvalue weighted by atomic mass is 9.92. The van der Waals surface area contributed by atoms with Crippen molar-refractivity contribution in [2.45, 2.75) is 64.1 Å².